The van der Waals surface area contributed by atoms with Gasteiger partial charge in [0.25, 0.3) is 0 Å². The summed E-state index contributed by atoms with van der Waals surface area (Å²) in [5.41, 5.74) is 2.28. The smallest absolute Gasteiger partial charge is 0.234 e. The molecule has 0 radical (unpaired) electrons. The lowest BCUT2D eigenvalue weighted by Gasteiger charge is -2.34. The molecule has 0 aromatic heterocycles. The maximum atomic E-state index is 12.3. The second kappa shape index (κ2) is 9.56. The zero-order chi connectivity index (χ0) is 19.2. The van der Waals surface area contributed by atoms with Gasteiger partial charge in [0, 0.05) is 32.7 Å². The first-order valence-electron chi connectivity index (χ1n) is 9.24. The van der Waals surface area contributed by atoms with Crippen LogP contribution >= 0.6 is 23.2 Å². The first kappa shape index (κ1) is 20.2. The van der Waals surface area contributed by atoms with Crippen LogP contribution in [0.3, 0.4) is 0 Å². The first-order chi connectivity index (χ1) is 13.0. The molecule has 0 spiro atoms. The van der Waals surface area contributed by atoms with Gasteiger partial charge in [-0.15, -0.1) is 0 Å². The number of halogens is 2. The van der Waals surface area contributed by atoms with Crippen molar-refractivity contribution in [2.24, 2.45) is 0 Å². The van der Waals surface area contributed by atoms with Crippen molar-refractivity contribution in [2.45, 2.75) is 19.5 Å². The molecule has 144 valence electrons. The predicted octanol–water partition coefficient (Wildman–Crippen LogP) is 3.99. The number of hydrogen-bond acceptors (Lipinski definition) is 3. The van der Waals surface area contributed by atoms with Crippen LogP contribution in [0.2, 0.25) is 10.0 Å². The summed E-state index contributed by atoms with van der Waals surface area (Å²) in [6.45, 7) is 6.94. The largest absolute Gasteiger partial charge is 0.348 e. The molecular formula is C21H25Cl2N3O. The van der Waals surface area contributed by atoms with Gasteiger partial charge in [0.15, 0.2) is 0 Å². The molecule has 0 saturated carbocycles. The topological polar surface area (TPSA) is 35.6 Å². The standard InChI is InChI=1S/C21H25Cl2N3O/c1-16(18-5-3-2-4-6-18)24-21(27)15-26-11-9-25(10-12-26)14-17-7-8-19(22)20(23)13-17/h2-8,13,16H,9-12,14-15H2,1H3,(H,24,27). The van der Waals surface area contributed by atoms with Crippen molar-refractivity contribution >= 4 is 29.1 Å². The van der Waals surface area contributed by atoms with Crippen molar-refractivity contribution in [3.05, 3.63) is 69.7 Å². The summed E-state index contributed by atoms with van der Waals surface area (Å²) in [7, 11) is 0. The number of carbonyl (C=O) groups is 1. The molecule has 1 N–H and O–H groups in total. The predicted molar refractivity (Wildman–Crippen MR) is 111 cm³/mol. The first-order valence-corrected chi connectivity index (χ1v) is 10.00. The number of benzene rings is 2. The van der Waals surface area contributed by atoms with Crippen molar-refractivity contribution in [2.75, 3.05) is 32.7 Å². The average molecular weight is 406 g/mol. The number of nitrogens with one attached hydrogen (secondary N) is 1. The van der Waals surface area contributed by atoms with Gasteiger partial charge in [-0.25, -0.2) is 0 Å². The monoisotopic (exact) mass is 405 g/mol. The van der Waals surface area contributed by atoms with Crippen molar-refractivity contribution in [1.82, 2.24) is 15.1 Å². The Balaban J connectivity index is 1.42. The van der Waals surface area contributed by atoms with Crippen LogP contribution in [0.25, 0.3) is 0 Å². The SMILES string of the molecule is CC(NC(=O)CN1CCN(Cc2ccc(Cl)c(Cl)c2)CC1)c1ccccc1. The number of carbonyl (C=O) groups excluding carboxylic acids is 1. The Labute approximate surface area is 171 Å². The third kappa shape index (κ3) is 5.94. The van der Waals surface area contributed by atoms with E-state index in [-0.39, 0.29) is 11.9 Å². The highest BCUT2D eigenvalue weighted by Gasteiger charge is 2.20. The minimum atomic E-state index is 0.0228. The fraction of sp³-hybridized carbons (Fsp3) is 0.381. The van der Waals surface area contributed by atoms with Crippen LogP contribution in [0, 0.1) is 0 Å². The van der Waals surface area contributed by atoms with Crippen LogP contribution in [0.5, 0.6) is 0 Å². The van der Waals surface area contributed by atoms with Crippen LogP contribution < -0.4 is 5.32 Å². The minimum absolute atomic E-state index is 0.0228. The van der Waals surface area contributed by atoms with E-state index in [1.54, 1.807) is 0 Å². The second-order valence-corrected chi connectivity index (χ2v) is 7.82. The highest BCUT2D eigenvalue weighted by molar-refractivity contribution is 6.42. The molecule has 1 heterocycles. The third-order valence-corrected chi connectivity index (χ3v) is 5.64. The summed E-state index contributed by atoms with van der Waals surface area (Å²) >= 11 is 12.1. The lowest BCUT2D eigenvalue weighted by atomic mass is 10.1. The number of amides is 1. The fourth-order valence-electron chi connectivity index (χ4n) is 3.32. The Kier molecular flexibility index (Phi) is 7.13. The molecule has 1 atom stereocenters. The Morgan fingerprint density at radius 3 is 2.33 bits per heavy atom. The summed E-state index contributed by atoms with van der Waals surface area (Å²) in [5.74, 6) is 0.0734. The van der Waals surface area contributed by atoms with Crippen LogP contribution in [0.15, 0.2) is 48.5 Å². The zero-order valence-electron chi connectivity index (χ0n) is 15.5. The number of rotatable bonds is 6. The summed E-state index contributed by atoms with van der Waals surface area (Å²) in [6.07, 6.45) is 0. The molecule has 1 aliphatic rings. The molecule has 27 heavy (non-hydrogen) atoms. The van der Waals surface area contributed by atoms with Gasteiger partial charge in [-0.05, 0) is 30.2 Å². The summed E-state index contributed by atoms with van der Waals surface area (Å²) in [5, 5.41) is 4.26. The molecule has 1 unspecified atom stereocenters. The molecule has 1 saturated heterocycles. The van der Waals surface area contributed by atoms with Gasteiger partial charge in [-0.3, -0.25) is 14.6 Å². The lowest BCUT2D eigenvalue weighted by molar-refractivity contribution is -0.123. The molecule has 0 bridgehead atoms. The van der Waals surface area contributed by atoms with E-state index in [9.17, 15) is 4.79 Å². The summed E-state index contributed by atoms with van der Waals surface area (Å²) in [6, 6.07) is 15.8. The van der Waals surface area contributed by atoms with E-state index in [4.69, 9.17) is 23.2 Å². The van der Waals surface area contributed by atoms with Gasteiger partial charge in [-0.1, -0.05) is 59.6 Å². The molecule has 2 aromatic rings. The van der Waals surface area contributed by atoms with Crippen molar-refractivity contribution < 1.29 is 4.79 Å². The Morgan fingerprint density at radius 2 is 1.67 bits per heavy atom. The summed E-state index contributed by atoms with van der Waals surface area (Å²) in [4.78, 5) is 16.9. The molecule has 4 nitrogen and oxygen atoms in total. The number of nitrogens with zero attached hydrogens (tertiary/aromatic N) is 2. The van der Waals surface area contributed by atoms with E-state index in [0.29, 0.717) is 16.6 Å². The molecular weight excluding hydrogens is 381 g/mol. The molecule has 3 rings (SSSR count). The van der Waals surface area contributed by atoms with Crippen molar-refractivity contribution in [3.8, 4) is 0 Å². The summed E-state index contributed by atoms with van der Waals surface area (Å²) < 4.78 is 0. The molecule has 1 amide bonds. The molecule has 6 heteroatoms. The van der Waals surface area contributed by atoms with Gasteiger partial charge in [0.2, 0.25) is 5.91 Å². The Hall–Kier alpha value is -1.59. The van der Waals surface area contributed by atoms with E-state index >= 15 is 0 Å². The van der Waals surface area contributed by atoms with E-state index < -0.39 is 0 Å². The third-order valence-electron chi connectivity index (χ3n) is 4.90. The molecule has 1 fully saturated rings. The van der Waals surface area contributed by atoms with Gasteiger partial charge in [0.1, 0.15) is 0 Å². The van der Waals surface area contributed by atoms with Gasteiger partial charge in [-0.2, -0.15) is 0 Å². The van der Waals surface area contributed by atoms with Gasteiger partial charge in [0.05, 0.1) is 22.6 Å². The van der Waals surface area contributed by atoms with Gasteiger partial charge < -0.3 is 5.32 Å². The quantitative estimate of drug-likeness (QED) is 0.788. The van der Waals surface area contributed by atoms with E-state index in [1.807, 2.05) is 55.5 Å². The highest BCUT2D eigenvalue weighted by Crippen LogP contribution is 2.23. The van der Waals surface area contributed by atoms with Crippen LogP contribution in [-0.2, 0) is 11.3 Å². The molecule has 0 aliphatic carbocycles. The van der Waals surface area contributed by atoms with Crippen LogP contribution in [0.4, 0.5) is 0 Å². The normalized spacial score (nSPS) is 16.9. The minimum Gasteiger partial charge on any atom is -0.348 e. The van der Waals surface area contributed by atoms with Gasteiger partial charge >= 0.3 is 0 Å². The second-order valence-electron chi connectivity index (χ2n) is 7.00. The Bertz CT molecular complexity index is 761. The van der Waals surface area contributed by atoms with Crippen LogP contribution in [-0.4, -0.2) is 48.4 Å². The molecule has 2 aromatic carbocycles. The highest BCUT2D eigenvalue weighted by atomic mass is 35.5. The average Bonchev–Trinajstić information content (AvgIpc) is 2.67. The van der Waals surface area contributed by atoms with Crippen molar-refractivity contribution in [1.29, 1.82) is 0 Å². The lowest BCUT2D eigenvalue weighted by Crippen LogP contribution is -2.49. The number of hydrogen-bond donors (Lipinski definition) is 1. The number of piperazine rings is 1. The maximum Gasteiger partial charge on any atom is 0.234 e. The van der Waals surface area contributed by atoms with Crippen LogP contribution in [0.1, 0.15) is 24.1 Å². The van der Waals surface area contributed by atoms with E-state index in [0.717, 1.165) is 43.9 Å². The molecule has 1 aliphatic heterocycles. The fourth-order valence-corrected chi connectivity index (χ4v) is 3.64. The van der Waals surface area contributed by atoms with E-state index in [2.05, 4.69) is 15.1 Å². The maximum absolute atomic E-state index is 12.3. The zero-order valence-corrected chi connectivity index (χ0v) is 17.0. The van der Waals surface area contributed by atoms with E-state index in [1.165, 1.54) is 0 Å². The van der Waals surface area contributed by atoms with Crippen molar-refractivity contribution in [3.63, 3.8) is 0 Å². The Morgan fingerprint density at radius 1 is 1.00 bits per heavy atom.